The van der Waals surface area contributed by atoms with Crippen molar-refractivity contribution < 1.29 is 19.1 Å². The van der Waals surface area contributed by atoms with Crippen LogP contribution >= 0.6 is 0 Å². The lowest BCUT2D eigenvalue weighted by atomic mass is 9.96. The van der Waals surface area contributed by atoms with E-state index in [0.29, 0.717) is 25.5 Å². The molecule has 0 amide bonds. The van der Waals surface area contributed by atoms with Gasteiger partial charge in [0.25, 0.3) is 0 Å². The third kappa shape index (κ3) is 3.83. The van der Waals surface area contributed by atoms with Crippen molar-refractivity contribution in [3.8, 4) is 22.8 Å². The number of nitrogens with zero attached hydrogens (tertiary/aromatic N) is 1. The molecule has 0 aliphatic carbocycles. The van der Waals surface area contributed by atoms with Gasteiger partial charge in [0.05, 0.1) is 18.9 Å². The van der Waals surface area contributed by atoms with Crippen LogP contribution in [0.15, 0.2) is 29.2 Å². The van der Waals surface area contributed by atoms with Gasteiger partial charge in [-0.15, -0.1) is 0 Å². The summed E-state index contributed by atoms with van der Waals surface area (Å²) in [6.45, 7) is 5.92. The van der Waals surface area contributed by atoms with Crippen LogP contribution in [-0.4, -0.2) is 23.8 Å². The molecule has 27 heavy (non-hydrogen) atoms. The topological polar surface area (TPSA) is 92.8 Å². The van der Waals surface area contributed by atoms with Gasteiger partial charge in [-0.1, -0.05) is 13.8 Å². The standard InChI is InChI=1S/C20H24N2O5/c1-3-7-25-18-9-13-5-6-22-12-15(20(24)27-21)17(23)11-16(22)14(13)10-19(18)26-8-4-2/h9-12H,3-8,21H2,1-2H3. The number of rotatable bonds is 7. The first-order valence-electron chi connectivity index (χ1n) is 9.17. The maximum atomic E-state index is 12.3. The number of nitrogens with two attached hydrogens (primary N) is 1. The van der Waals surface area contributed by atoms with Crippen LogP contribution in [0.2, 0.25) is 0 Å². The van der Waals surface area contributed by atoms with Gasteiger partial charge in [-0.2, -0.15) is 5.90 Å². The number of aryl methyl sites for hydroxylation is 2. The molecule has 0 saturated heterocycles. The van der Waals surface area contributed by atoms with Gasteiger partial charge >= 0.3 is 5.97 Å². The second-order valence-corrected chi connectivity index (χ2v) is 6.44. The minimum Gasteiger partial charge on any atom is -0.490 e. The molecular formula is C20H24N2O5. The van der Waals surface area contributed by atoms with Crippen molar-refractivity contribution in [2.24, 2.45) is 5.90 Å². The smallest absolute Gasteiger partial charge is 0.362 e. The Morgan fingerprint density at radius 1 is 1.11 bits per heavy atom. The molecule has 144 valence electrons. The Kier molecular flexibility index (Phi) is 5.81. The van der Waals surface area contributed by atoms with E-state index in [9.17, 15) is 9.59 Å². The average molecular weight is 372 g/mol. The summed E-state index contributed by atoms with van der Waals surface area (Å²) in [7, 11) is 0. The van der Waals surface area contributed by atoms with Crippen molar-refractivity contribution in [3.63, 3.8) is 0 Å². The second-order valence-electron chi connectivity index (χ2n) is 6.44. The minimum atomic E-state index is -0.837. The second kappa shape index (κ2) is 8.26. The zero-order chi connectivity index (χ0) is 19.4. The lowest BCUT2D eigenvalue weighted by molar-refractivity contribution is 0.0501. The van der Waals surface area contributed by atoms with E-state index >= 15 is 0 Å². The summed E-state index contributed by atoms with van der Waals surface area (Å²) in [5, 5.41) is 0. The third-order valence-electron chi connectivity index (χ3n) is 4.45. The Morgan fingerprint density at radius 3 is 2.41 bits per heavy atom. The van der Waals surface area contributed by atoms with Crippen LogP contribution in [-0.2, 0) is 17.8 Å². The monoisotopic (exact) mass is 372 g/mol. The molecule has 3 rings (SSSR count). The number of aromatic nitrogens is 1. The zero-order valence-electron chi connectivity index (χ0n) is 15.6. The number of hydrogen-bond donors (Lipinski definition) is 1. The summed E-state index contributed by atoms with van der Waals surface area (Å²) in [5.41, 5.74) is 2.22. The van der Waals surface area contributed by atoms with Crippen LogP contribution in [0.25, 0.3) is 11.3 Å². The van der Waals surface area contributed by atoms with E-state index in [4.69, 9.17) is 15.4 Å². The molecular weight excluding hydrogens is 348 g/mol. The van der Waals surface area contributed by atoms with E-state index in [0.717, 1.165) is 41.8 Å². The van der Waals surface area contributed by atoms with Crippen molar-refractivity contribution >= 4 is 5.97 Å². The molecule has 0 fully saturated rings. The minimum absolute atomic E-state index is 0.0740. The average Bonchev–Trinajstić information content (AvgIpc) is 2.69. The van der Waals surface area contributed by atoms with Gasteiger partial charge in [-0.25, -0.2) is 4.79 Å². The molecule has 2 aromatic rings. The van der Waals surface area contributed by atoms with Gasteiger partial charge in [-0.3, -0.25) is 4.79 Å². The summed E-state index contributed by atoms with van der Waals surface area (Å²) in [6.07, 6.45) is 4.04. The molecule has 2 N–H and O–H groups in total. The summed E-state index contributed by atoms with van der Waals surface area (Å²) in [5.74, 6) is 5.47. The van der Waals surface area contributed by atoms with Gasteiger partial charge < -0.3 is 18.9 Å². The van der Waals surface area contributed by atoms with E-state index in [1.165, 1.54) is 12.3 Å². The van der Waals surface area contributed by atoms with Crippen LogP contribution in [0.1, 0.15) is 42.6 Å². The lowest BCUT2D eigenvalue weighted by Crippen LogP contribution is -2.24. The molecule has 0 atom stereocenters. The molecule has 2 heterocycles. The number of carbonyl (C=O) groups is 1. The number of benzene rings is 1. The molecule has 0 saturated carbocycles. The normalized spacial score (nSPS) is 12.1. The Morgan fingerprint density at radius 2 is 1.78 bits per heavy atom. The summed E-state index contributed by atoms with van der Waals surface area (Å²) < 4.78 is 13.6. The quantitative estimate of drug-likeness (QED) is 0.751. The van der Waals surface area contributed by atoms with Crippen molar-refractivity contribution in [2.45, 2.75) is 39.7 Å². The van der Waals surface area contributed by atoms with E-state index in [1.807, 2.05) is 23.6 Å². The Labute approximate surface area is 157 Å². The third-order valence-corrected chi connectivity index (χ3v) is 4.45. The van der Waals surface area contributed by atoms with Crippen molar-refractivity contribution in [2.75, 3.05) is 13.2 Å². The molecule has 1 aromatic heterocycles. The molecule has 1 aliphatic rings. The zero-order valence-corrected chi connectivity index (χ0v) is 15.6. The number of pyridine rings is 1. The van der Waals surface area contributed by atoms with Crippen LogP contribution in [0, 0.1) is 0 Å². The molecule has 0 radical (unpaired) electrons. The van der Waals surface area contributed by atoms with Gasteiger partial charge in [0.15, 0.2) is 16.9 Å². The SMILES string of the molecule is CCCOc1cc2c(cc1OCCC)-c1cc(=O)c(C(=O)ON)cn1CC2. The van der Waals surface area contributed by atoms with Crippen LogP contribution < -0.4 is 20.8 Å². The van der Waals surface area contributed by atoms with Crippen molar-refractivity contribution in [3.05, 3.63) is 45.7 Å². The molecule has 0 spiro atoms. The van der Waals surface area contributed by atoms with E-state index in [2.05, 4.69) is 11.8 Å². The molecule has 7 heteroatoms. The predicted octanol–water partition coefficient (Wildman–Crippen LogP) is 2.68. The number of fused-ring (bicyclic) bond motifs is 3. The first-order valence-corrected chi connectivity index (χ1v) is 9.17. The highest BCUT2D eigenvalue weighted by atomic mass is 16.7. The fourth-order valence-corrected chi connectivity index (χ4v) is 3.15. The highest BCUT2D eigenvalue weighted by molar-refractivity contribution is 5.89. The van der Waals surface area contributed by atoms with E-state index in [-0.39, 0.29) is 5.56 Å². The number of ether oxygens (including phenoxy) is 2. The molecule has 0 unspecified atom stereocenters. The first kappa shape index (κ1) is 19.0. The van der Waals surface area contributed by atoms with Crippen molar-refractivity contribution in [1.82, 2.24) is 4.57 Å². The summed E-state index contributed by atoms with van der Waals surface area (Å²) >= 11 is 0. The number of hydrogen-bond acceptors (Lipinski definition) is 6. The molecule has 0 bridgehead atoms. The Hall–Kier alpha value is -2.80. The lowest BCUT2D eigenvalue weighted by Gasteiger charge is -2.24. The highest BCUT2D eigenvalue weighted by Crippen LogP contribution is 2.38. The Balaban J connectivity index is 2.08. The van der Waals surface area contributed by atoms with Gasteiger partial charge in [-0.05, 0) is 37.0 Å². The van der Waals surface area contributed by atoms with Gasteiger partial charge in [0.1, 0.15) is 5.56 Å². The molecule has 7 nitrogen and oxygen atoms in total. The predicted molar refractivity (Wildman–Crippen MR) is 101 cm³/mol. The van der Waals surface area contributed by atoms with Gasteiger partial charge in [0, 0.05) is 24.4 Å². The van der Waals surface area contributed by atoms with Crippen LogP contribution in [0.5, 0.6) is 11.5 Å². The Bertz CT molecular complexity index is 904. The highest BCUT2D eigenvalue weighted by Gasteiger charge is 2.22. The van der Waals surface area contributed by atoms with E-state index in [1.54, 1.807) is 0 Å². The maximum absolute atomic E-state index is 12.3. The maximum Gasteiger partial charge on any atom is 0.362 e. The largest absolute Gasteiger partial charge is 0.490 e. The molecule has 1 aliphatic heterocycles. The summed E-state index contributed by atoms with van der Waals surface area (Å²) in [4.78, 5) is 28.2. The van der Waals surface area contributed by atoms with E-state index < -0.39 is 11.4 Å². The number of carbonyl (C=O) groups excluding carboxylic acids is 1. The van der Waals surface area contributed by atoms with Crippen molar-refractivity contribution in [1.29, 1.82) is 0 Å². The first-order chi connectivity index (χ1) is 13.1. The fourth-order valence-electron chi connectivity index (χ4n) is 3.15. The van der Waals surface area contributed by atoms with Crippen LogP contribution in [0.3, 0.4) is 0 Å². The van der Waals surface area contributed by atoms with Crippen LogP contribution in [0.4, 0.5) is 0 Å². The summed E-state index contributed by atoms with van der Waals surface area (Å²) in [6, 6.07) is 5.35. The molecule has 1 aromatic carbocycles. The van der Waals surface area contributed by atoms with Gasteiger partial charge in [0.2, 0.25) is 0 Å². The fraction of sp³-hybridized carbons (Fsp3) is 0.400.